The van der Waals surface area contributed by atoms with Crippen LogP contribution >= 0.6 is 0 Å². The monoisotopic (exact) mass is 296 g/mol. The molecule has 1 N–H and O–H groups in total. The second kappa shape index (κ2) is 10.3. The summed E-state index contributed by atoms with van der Waals surface area (Å²) in [6.07, 6.45) is 0.845. The number of aliphatic carboxylic acids is 1. The Morgan fingerprint density at radius 1 is 1.10 bits per heavy atom. The van der Waals surface area contributed by atoms with Crippen molar-refractivity contribution in [1.82, 2.24) is 0 Å². The van der Waals surface area contributed by atoms with Crippen LogP contribution in [0.2, 0.25) is 0 Å². The Balaban J connectivity index is 2.17. The van der Waals surface area contributed by atoms with Crippen molar-refractivity contribution < 1.29 is 24.1 Å². The topological polar surface area (TPSA) is 65.0 Å². The van der Waals surface area contributed by atoms with Gasteiger partial charge in [0.15, 0.2) is 0 Å². The van der Waals surface area contributed by atoms with Gasteiger partial charge in [0, 0.05) is 20.3 Å². The van der Waals surface area contributed by atoms with Gasteiger partial charge in [-0.25, -0.2) is 0 Å². The van der Waals surface area contributed by atoms with Gasteiger partial charge in [0.1, 0.15) is 0 Å². The third-order valence-electron chi connectivity index (χ3n) is 3.13. The zero-order chi connectivity index (χ0) is 15.5. The molecule has 0 radical (unpaired) electrons. The highest BCUT2D eigenvalue weighted by molar-refractivity contribution is 5.75. The van der Waals surface area contributed by atoms with Gasteiger partial charge in [0.05, 0.1) is 25.7 Å². The van der Waals surface area contributed by atoms with Gasteiger partial charge in [0.25, 0.3) is 0 Å². The second-order valence-corrected chi connectivity index (χ2v) is 4.81. The molecule has 0 aliphatic carbocycles. The molecule has 0 spiro atoms. The molecule has 0 fully saturated rings. The van der Waals surface area contributed by atoms with E-state index in [0.717, 1.165) is 17.5 Å². The van der Waals surface area contributed by atoms with E-state index in [1.165, 1.54) is 0 Å². The van der Waals surface area contributed by atoms with E-state index in [9.17, 15) is 4.79 Å². The van der Waals surface area contributed by atoms with E-state index in [0.29, 0.717) is 33.0 Å². The lowest BCUT2D eigenvalue weighted by molar-refractivity contribution is -0.138. The molecule has 118 valence electrons. The van der Waals surface area contributed by atoms with Crippen LogP contribution in [0.25, 0.3) is 0 Å². The Bertz CT molecular complexity index is 402. The van der Waals surface area contributed by atoms with Gasteiger partial charge in [0.2, 0.25) is 0 Å². The van der Waals surface area contributed by atoms with Gasteiger partial charge >= 0.3 is 5.97 Å². The Hall–Kier alpha value is -1.43. The van der Waals surface area contributed by atoms with Crippen molar-refractivity contribution in [3.05, 3.63) is 35.4 Å². The van der Waals surface area contributed by atoms with Crippen molar-refractivity contribution in [2.45, 2.75) is 25.9 Å². The molecule has 0 saturated heterocycles. The standard InChI is InChI=1S/C16H24O5/c1-13(16(17)18)15-6-4-14(5-7-15)12-21-9-3-8-20-11-10-19-2/h4-7,13H,3,8-12H2,1-2H3,(H,17,18). The van der Waals surface area contributed by atoms with Crippen LogP contribution in [0, 0.1) is 0 Å². The molecule has 1 aromatic carbocycles. The average Bonchev–Trinajstić information content (AvgIpc) is 2.49. The summed E-state index contributed by atoms with van der Waals surface area (Å²) in [6.45, 7) is 4.73. The Kier molecular flexibility index (Phi) is 8.66. The van der Waals surface area contributed by atoms with E-state index in [2.05, 4.69) is 0 Å². The van der Waals surface area contributed by atoms with Gasteiger partial charge < -0.3 is 19.3 Å². The SMILES string of the molecule is COCCOCCCOCc1ccc(C(C)C(=O)O)cc1. The molecule has 0 amide bonds. The summed E-state index contributed by atoms with van der Waals surface area (Å²) >= 11 is 0. The summed E-state index contributed by atoms with van der Waals surface area (Å²) in [7, 11) is 1.65. The zero-order valence-corrected chi connectivity index (χ0v) is 12.7. The van der Waals surface area contributed by atoms with Crippen LogP contribution in [-0.2, 0) is 25.6 Å². The minimum absolute atomic E-state index is 0.482. The number of rotatable bonds is 11. The molecule has 5 heteroatoms. The molecule has 0 aromatic heterocycles. The number of benzene rings is 1. The summed E-state index contributed by atoms with van der Waals surface area (Å²) in [5.41, 5.74) is 1.84. The molecule has 1 rings (SSSR count). The summed E-state index contributed by atoms with van der Waals surface area (Å²) in [5.74, 6) is -1.29. The maximum absolute atomic E-state index is 10.9. The van der Waals surface area contributed by atoms with E-state index < -0.39 is 11.9 Å². The number of hydrogen-bond donors (Lipinski definition) is 1. The molecule has 1 atom stereocenters. The second-order valence-electron chi connectivity index (χ2n) is 4.81. The molecule has 0 aliphatic heterocycles. The van der Waals surface area contributed by atoms with E-state index in [1.54, 1.807) is 14.0 Å². The summed E-state index contributed by atoms with van der Waals surface area (Å²) in [4.78, 5) is 10.9. The average molecular weight is 296 g/mol. The third kappa shape index (κ3) is 7.22. The molecule has 0 heterocycles. The minimum Gasteiger partial charge on any atom is -0.481 e. The molecule has 21 heavy (non-hydrogen) atoms. The van der Waals surface area contributed by atoms with Crippen molar-refractivity contribution in [2.24, 2.45) is 0 Å². The van der Waals surface area contributed by atoms with Crippen LogP contribution in [0.15, 0.2) is 24.3 Å². The van der Waals surface area contributed by atoms with Crippen LogP contribution in [0.4, 0.5) is 0 Å². The first-order valence-electron chi connectivity index (χ1n) is 7.11. The molecule has 1 unspecified atom stereocenters. The number of methoxy groups -OCH3 is 1. The predicted molar refractivity (Wildman–Crippen MR) is 79.5 cm³/mol. The van der Waals surface area contributed by atoms with Gasteiger partial charge in [-0.3, -0.25) is 4.79 Å². The van der Waals surface area contributed by atoms with Crippen LogP contribution in [0.3, 0.4) is 0 Å². The van der Waals surface area contributed by atoms with Crippen molar-refractivity contribution in [2.75, 3.05) is 33.5 Å². The molecule has 0 bridgehead atoms. The number of carbonyl (C=O) groups is 1. The Morgan fingerprint density at radius 2 is 1.76 bits per heavy atom. The lowest BCUT2D eigenvalue weighted by Gasteiger charge is -2.08. The first-order valence-corrected chi connectivity index (χ1v) is 7.11. The number of carboxylic acids is 1. The van der Waals surface area contributed by atoms with Crippen molar-refractivity contribution in [3.8, 4) is 0 Å². The molecule has 0 saturated carbocycles. The van der Waals surface area contributed by atoms with Crippen LogP contribution < -0.4 is 0 Å². The van der Waals surface area contributed by atoms with E-state index in [4.69, 9.17) is 19.3 Å². The maximum atomic E-state index is 10.9. The molecule has 0 aliphatic rings. The molecular weight excluding hydrogens is 272 g/mol. The highest BCUT2D eigenvalue weighted by Gasteiger charge is 2.12. The van der Waals surface area contributed by atoms with Gasteiger partial charge in [-0.1, -0.05) is 24.3 Å². The normalized spacial score (nSPS) is 12.3. The highest BCUT2D eigenvalue weighted by Crippen LogP contribution is 2.16. The fraction of sp³-hybridized carbons (Fsp3) is 0.562. The van der Waals surface area contributed by atoms with Gasteiger partial charge in [-0.05, 0) is 24.5 Å². The van der Waals surface area contributed by atoms with Crippen molar-refractivity contribution in [1.29, 1.82) is 0 Å². The summed E-state index contributed by atoms with van der Waals surface area (Å²) < 4.78 is 15.8. The molecule has 5 nitrogen and oxygen atoms in total. The highest BCUT2D eigenvalue weighted by atomic mass is 16.5. The zero-order valence-electron chi connectivity index (χ0n) is 12.7. The summed E-state index contributed by atoms with van der Waals surface area (Å²) in [6, 6.07) is 7.49. The Morgan fingerprint density at radius 3 is 2.38 bits per heavy atom. The third-order valence-corrected chi connectivity index (χ3v) is 3.13. The summed E-state index contributed by atoms with van der Waals surface area (Å²) in [5, 5.41) is 8.94. The van der Waals surface area contributed by atoms with Crippen LogP contribution in [0.1, 0.15) is 30.4 Å². The first kappa shape index (κ1) is 17.6. The van der Waals surface area contributed by atoms with Crippen LogP contribution in [-0.4, -0.2) is 44.6 Å². The first-order chi connectivity index (χ1) is 10.1. The van der Waals surface area contributed by atoms with Crippen LogP contribution in [0.5, 0.6) is 0 Å². The Labute approximate surface area is 125 Å². The van der Waals surface area contributed by atoms with E-state index >= 15 is 0 Å². The number of hydrogen-bond acceptors (Lipinski definition) is 4. The van der Waals surface area contributed by atoms with Gasteiger partial charge in [-0.15, -0.1) is 0 Å². The largest absolute Gasteiger partial charge is 0.481 e. The fourth-order valence-corrected chi connectivity index (χ4v) is 1.74. The van der Waals surface area contributed by atoms with Crippen molar-refractivity contribution in [3.63, 3.8) is 0 Å². The predicted octanol–water partition coefficient (Wildman–Crippen LogP) is 2.44. The number of carboxylic acid groups (broad SMARTS) is 1. The quantitative estimate of drug-likeness (QED) is 0.635. The fourth-order valence-electron chi connectivity index (χ4n) is 1.74. The lowest BCUT2D eigenvalue weighted by Crippen LogP contribution is -2.07. The van der Waals surface area contributed by atoms with E-state index in [1.807, 2.05) is 24.3 Å². The maximum Gasteiger partial charge on any atom is 0.310 e. The lowest BCUT2D eigenvalue weighted by atomic mass is 10.0. The van der Waals surface area contributed by atoms with Crippen molar-refractivity contribution >= 4 is 5.97 Å². The van der Waals surface area contributed by atoms with E-state index in [-0.39, 0.29) is 0 Å². The molecule has 1 aromatic rings. The minimum atomic E-state index is -0.813. The smallest absolute Gasteiger partial charge is 0.310 e. The van der Waals surface area contributed by atoms with Gasteiger partial charge in [-0.2, -0.15) is 0 Å². The number of ether oxygens (including phenoxy) is 3. The molecular formula is C16H24O5.